The zero-order valence-corrected chi connectivity index (χ0v) is 33.3. The number of carbonyl (C=O) groups is 5. The maximum absolute atomic E-state index is 15.5. The van der Waals surface area contributed by atoms with Crippen molar-refractivity contribution in [3.05, 3.63) is 121 Å². The number of anilines is 2. The fraction of sp³-hybridized carbons (Fsp3) is 0.244. The lowest BCUT2D eigenvalue weighted by atomic mass is 9.49. The molecule has 2 saturated heterocycles. The Balaban J connectivity index is 1.34. The summed E-state index contributed by atoms with van der Waals surface area (Å²) >= 11 is 14.7. The van der Waals surface area contributed by atoms with E-state index in [-0.39, 0.29) is 46.3 Å². The van der Waals surface area contributed by atoms with Gasteiger partial charge in [-0.1, -0.05) is 53.1 Å². The lowest BCUT2D eigenvalue weighted by Gasteiger charge is -2.50. The number of nitrogens with one attached hydrogen (secondary N) is 1. The molecule has 4 aliphatic rings. The van der Waals surface area contributed by atoms with E-state index in [0.29, 0.717) is 31.0 Å². The number of amides is 4. The minimum absolute atomic E-state index is 0.0148. The summed E-state index contributed by atoms with van der Waals surface area (Å²) in [5.41, 5.74) is 3.36. The fourth-order valence-electron chi connectivity index (χ4n) is 9.17. The number of ether oxygens (including phenoxy) is 2. The van der Waals surface area contributed by atoms with Gasteiger partial charge in [0.15, 0.2) is 11.5 Å². The van der Waals surface area contributed by atoms with E-state index in [1.54, 1.807) is 48.5 Å². The summed E-state index contributed by atoms with van der Waals surface area (Å²) in [4.78, 5) is 72.1. The highest BCUT2D eigenvalue weighted by Gasteiger charge is 2.70. The van der Waals surface area contributed by atoms with Gasteiger partial charge in [-0.25, -0.2) is 4.79 Å². The number of phenolic OH excluding ortho intramolecular Hbond substituents is 1. The van der Waals surface area contributed by atoms with Crippen LogP contribution < -0.4 is 19.8 Å². The predicted octanol–water partition coefficient (Wildman–Crippen LogP) is 7.21. The van der Waals surface area contributed by atoms with E-state index in [1.807, 2.05) is 28.7 Å². The first kappa shape index (κ1) is 37.8. The first-order valence-corrected chi connectivity index (χ1v) is 19.4. The number of fused-ring (bicyclic) bond motifs is 4. The lowest BCUT2D eigenvalue weighted by Crippen LogP contribution is -2.53. The molecule has 3 N–H and O–H groups in total. The number of carboxylic acid groups (broad SMARTS) is 1. The van der Waals surface area contributed by atoms with Gasteiger partial charge in [0, 0.05) is 10.9 Å². The molecule has 4 aromatic rings. The Bertz CT molecular complexity index is 2410. The zero-order chi connectivity index (χ0) is 39.8. The number of benzene rings is 4. The number of hydrazine groups is 1. The van der Waals surface area contributed by atoms with Gasteiger partial charge in [-0.15, -0.1) is 0 Å². The van der Waals surface area contributed by atoms with Gasteiger partial charge in [0.1, 0.15) is 5.75 Å². The SMILES string of the molecule is COc1ccc([C@@]23C(=O)N(Nc4ccc(Cl)cc4Cl)C(=O)[C@@H]2C[C@@H]2C(=CC[C@@H]4C(=O)N(c5cccc(C(=O)O)c5)C(=O)[C@@H]42)[C@@H]3c2cc(I)c(O)c(OC)c2)cc1. The maximum atomic E-state index is 15.5. The van der Waals surface area contributed by atoms with Crippen LogP contribution in [-0.2, 0) is 24.6 Å². The Kier molecular flexibility index (Phi) is 9.53. The van der Waals surface area contributed by atoms with Crippen molar-refractivity contribution in [2.24, 2.45) is 23.7 Å². The third-order valence-corrected chi connectivity index (χ3v) is 12.9. The molecular formula is C41H32Cl2IN3O9. The first-order valence-electron chi connectivity index (χ1n) is 17.5. The van der Waals surface area contributed by atoms with E-state index in [4.69, 9.17) is 32.7 Å². The van der Waals surface area contributed by atoms with E-state index in [0.717, 1.165) is 9.91 Å². The molecule has 286 valence electrons. The average Bonchev–Trinajstić information content (AvgIpc) is 3.57. The number of allylic oxidation sites excluding steroid dienone is 2. The van der Waals surface area contributed by atoms with E-state index in [1.165, 1.54) is 44.6 Å². The molecule has 8 rings (SSSR count). The monoisotopic (exact) mass is 907 g/mol. The van der Waals surface area contributed by atoms with Gasteiger partial charge in [0.25, 0.3) is 11.8 Å². The largest absolute Gasteiger partial charge is 0.504 e. The summed E-state index contributed by atoms with van der Waals surface area (Å²) in [6.45, 7) is 0. The quantitative estimate of drug-likeness (QED) is 0.0936. The molecule has 4 amide bonds. The van der Waals surface area contributed by atoms with Gasteiger partial charge in [0.05, 0.1) is 62.9 Å². The van der Waals surface area contributed by atoms with Crippen molar-refractivity contribution in [3.8, 4) is 17.2 Å². The summed E-state index contributed by atoms with van der Waals surface area (Å²) < 4.78 is 11.5. The number of carbonyl (C=O) groups excluding carboxylic acids is 4. The van der Waals surface area contributed by atoms with Crippen LogP contribution in [0, 0.1) is 27.2 Å². The van der Waals surface area contributed by atoms with Crippen LogP contribution in [0.4, 0.5) is 11.4 Å². The number of methoxy groups -OCH3 is 2. The minimum atomic E-state index is -1.63. The highest BCUT2D eigenvalue weighted by molar-refractivity contribution is 14.1. The number of imide groups is 2. The van der Waals surface area contributed by atoms with Crippen LogP contribution in [0.1, 0.15) is 40.2 Å². The Morgan fingerprint density at radius 3 is 2.34 bits per heavy atom. The molecule has 0 radical (unpaired) electrons. The summed E-state index contributed by atoms with van der Waals surface area (Å²) in [6.07, 6.45) is 2.06. The Hall–Kier alpha value is -5.12. The van der Waals surface area contributed by atoms with Crippen LogP contribution >= 0.6 is 45.8 Å². The molecule has 3 fully saturated rings. The molecule has 4 aromatic carbocycles. The van der Waals surface area contributed by atoms with Crippen molar-refractivity contribution >= 4 is 86.8 Å². The van der Waals surface area contributed by atoms with Crippen LogP contribution in [0.15, 0.2) is 90.5 Å². The van der Waals surface area contributed by atoms with Crippen LogP contribution in [0.2, 0.25) is 10.0 Å². The molecule has 12 nitrogen and oxygen atoms in total. The molecule has 2 aliphatic carbocycles. The number of rotatable bonds is 8. The number of aromatic carboxylic acids is 1. The molecule has 0 aromatic heterocycles. The number of carboxylic acids is 1. The number of hydrogen-bond acceptors (Lipinski definition) is 9. The van der Waals surface area contributed by atoms with E-state index >= 15 is 9.59 Å². The smallest absolute Gasteiger partial charge is 0.335 e. The van der Waals surface area contributed by atoms with Crippen molar-refractivity contribution in [3.63, 3.8) is 0 Å². The van der Waals surface area contributed by atoms with E-state index in [9.17, 15) is 24.6 Å². The van der Waals surface area contributed by atoms with Crippen molar-refractivity contribution < 1.29 is 43.7 Å². The van der Waals surface area contributed by atoms with E-state index < -0.39 is 64.6 Å². The third-order valence-electron chi connectivity index (χ3n) is 11.5. The molecule has 2 heterocycles. The Morgan fingerprint density at radius 2 is 1.66 bits per heavy atom. The van der Waals surface area contributed by atoms with Gasteiger partial charge >= 0.3 is 5.97 Å². The highest BCUT2D eigenvalue weighted by Crippen LogP contribution is 2.65. The van der Waals surface area contributed by atoms with Crippen LogP contribution in [0.5, 0.6) is 17.2 Å². The predicted molar refractivity (Wildman–Crippen MR) is 214 cm³/mol. The molecule has 0 spiro atoms. The van der Waals surface area contributed by atoms with Gasteiger partial charge in [-0.2, -0.15) is 5.01 Å². The second-order valence-corrected chi connectivity index (χ2v) is 16.1. The number of aromatic hydroxyl groups is 1. The summed E-state index contributed by atoms with van der Waals surface area (Å²) in [6, 6.07) is 20.6. The number of phenols is 1. The molecule has 0 unspecified atom stereocenters. The van der Waals surface area contributed by atoms with Crippen molar-refractivity contribution in [2.45, 2.75) is 24.2 Å². The molecule has 6 atom stereocenters. The second kappa shape index (κ2) is 14.1. The standard InChI is InChI=1S/C41H32Cl2IN3O9/c1-55-24-9-6-21(7-10-24)41-28(37(50)47(40(41)54)45-31-13-8-22(42)17-29(31)43)18-27-25(34(41)20-15-30(44)35(48)32(16-20)56-2)11-12-26-33(27)38(51)46(36(26)49)23-5-3-4-19(14-23)39(52)53/h3-11,13-17,26-28,33-34,45,48H,12,18H2,1-2H3,(H,52,53)/t26-,27+,28-,33-,34-,41+/m0/s1. The molecule has 15 heteroatoms. The topological polar surface area (TPSA) is 163 Å². The molecular weight excluding hydrogens is 876 g/mol. The van der Waals surface area contributed by atoms with E-state index in [2.05, 4.69) is 5.43 Å². The number of nitrogens with zero attached hydrogens (tertiary/aromatic N) is 2. The molecule has 2 aliphatic heterocycles. The molecule has 0 bridgehead atoms. The fourth-order valence-corrected chi connectivity index (χ4v) is 10.2. The van der Waals surface area contributed by atoms with Crippen molar-refractivity contribution in [1.29, 1.82) is 0 Å². The van der Waals surface area contributed by atoms with Crippen LogP contribution in [0.25, 0.3) is 0 Å². The Labute approximate surface area is 344 Å². The maximum Gasteiger partial charge on any atom is 0.335 e. The van der Waals surface area contributed by atoms with Gasteiger partial charge in [-0.05, 0) is 113 Å². The van der Waals surface area contributed by atoms with Gasteiger partial charge < -0.3 is 19.7 Å². The van der Waals surface area contributed by atoms with Crippen molar-refractivity contribution in [1.82, 2.24) is 5.01 Å². The molecule has 1 saturated carbocycles. The minimum Gasteiger partial charge on any atom is -0.504 e. The highest BCUT2D eigenvalue weighted by atomic mass is 127. The summed E-state index contributed by atoms with van der Waals surface area (Å²) in [7, 11) is 2.93. The van der Waals surface area contributed by atoms with Gasteiger partial charge in [-0.3, -0.25) is 29.5 Å². The summed E-state index contributed by atoms with van der Waals surface area (Å²) in [5.74, 6) is -7.25. The number of hydrogen-bond donors (Lipinski definition) is 3. The second-order valence-electron chi connectivity index (χ2n) is 14.1. The lowest BCUT2D eigenvalue weighted by molar-refractivity contribution is -0.138. The first-order chi connectivity index (χ1) is 26.8. The Morgan fingerprint density at radius 1 is 0.911 bits per heavy atom. The van der Waals surface area contributed by atoms with Gasteiger partial charge in [0.2, 0.25) is 11.8 Å². The average molecular weight is 909 g/mol. The van der Waals surface area contributed by atoms with Crippen LogP contribution in [-0.4, -0.2) is 59.0 Å². The van der Waals surface area contributed by atoms with Crippen molar-refractivity contribution in [2.75, 3.05) is 24.5 Å². The zero-order valence-electron chi connectivity index (χ0n) is 29.7. The van der Waals surface area contributed by atoms with Crippen LogP contribution in [0.3, 0.4) is 0 Å². The summed E-state index contributed by atoms with van der Waals surface area (Å²) in [5, 5.41) is 22.1. The normalized spacial score (nSPS) is 25.4. The third kappa shape index (κ3) is 5.65. The molecule has 56 heavy (non-hydrogen) atoms. The number of halogens is 3.